The fraction of sp³-hybridized carbons (Fsp3) is 0.333. The molecule has 0 spiro atoms. The highest BCUT2D eigenvalue weighted by Gasteiger charge is 2.32. The molecule has 0 aliphatic rings. The van der Waals surface area contributed by atoms with Crippen LogP contribution in [0, 0.1) is 0 Å². The zero-order valence-electron chi connectivity index (χ0n) is 8.28. The van der Waals surface area contributed by atoms with E-state index in [4.69, 9.17) is 11.6 Å². The molecule has 0 amide bonds. The van der Waals surface area contributed by atoms with Gasteiger partial charge in [-0.15, -0.1) is 18.2 Å². The molecule has 0 aliphatic heterocycles. The van der Waals surface area contributed by atoms with Gasteiger partial charge in [0.25, 0.3) is 0 Å². The van der Waals surface area contributed by atoms with Gasteiger partial charge in [-0.2, -0.15) is 0 Å². The van der Waals surface area contributed by atoms with Crippen LogP contribution in [0.15, 0.2) is 43.0 Å². The van der Waals surface area contributed by atoms with Crippen molar-refractivity contribution in [3.05, 3.63) is 48.6 Å². The molecular formula is C12H15ClO. The minimum atomic E-state index is -1.01. The van der Waals surface area contributed by atoms with Gasteiger partial charge in [-0.25, -0.2) is 0 Å². The SMILES string of the molecule is C=CCC(O)(c1ccccc1)C(C)Cl. The lowest BCUT2D eigenvalue weighted by Crippen LogP contribution is -2.33. The monoisotopic (exact) mass is 210 g/mol. The number of benzene rings is 1. The van der Waals surface area contributed by atoms with Crippen LogP contribution in [0.1, 0.15) is 18.9 Å². The second-order valence-corrected chi connectivity index (χ2v) is 4.05. The van der Waals surface area contributed by atoms with Crippen molar-refractivity contribution in [3.8, 4) is 0 Å². The largest absolute Gasteiger partial charge is 0.383 e. The second kappa shape index (κ2) is 4.63. The molecule has 0 fully saturated rings. The highest BCUT2D eigenvalue weighted by atomic mass is 35.5. The Balaban J connectivity index is 3.05. The van der Waals surface area contributed by atoms with E-state index in [9.17, 15) is 5.11 Å². The molecule has 0 radical (unpaired) electrons. The maximum Gasteiger partial charge on any atom is 0.109 e. The van der Waals surface area contributed by atoms with Crippen LogP contribution in [0.25, 0.3) is 0 Å². The maximum atomic E-state index is 10.4. The molecule has 0 aromatic heterocycles. The summed E-state index contributed by atoms with van der Waals surface area (Å²) in [5.74, 6) is 0. The Morgan fingerprint density at radius 2 is 2.07 bits per heavy atom. The Kier molecular flexibility index (Phi) is 3.73. The van der Waals surface area contributed by atoms with Gasteiger partial charge in [0.15, 0.2) is 0 Å². The zero-order valence-corrected chi connectivity index (χ0v) is 9.04. The highest BCUT2D eigenvalue weighted by Crippen LogP contribution is 2.32. The molecule has 0 saturated carbocycles. The van der Waals surface area contributed by atoms with Crippen molar-refractivity contribution in [2.75, 3.05) is 0 Å². The van der Waals surface area contributed by atoms with Gasteiger partial charge in [0.2, 0.25) is 0 Å². The number of rotatable bonds is 4. The first-order valence-corrected chi connectivity index (χ1v) is 5.08. The molecule has 2 atom stereocenters. The van der Waals surface area contributed by atoms with Gasteiger partial charge in [-0.05, 0) is 18.9 Å². The van der Waals surface area contributed by atoms with Crippen LogP contribution < -0.4 is 0 Å². The molecule has 1 nitrogen and oxygen atoms in total. The molecule has 1 aromatic rings. The van der Waals surface area contributed by atoms with Gasteiger partial charge < -0.3 is 5.11 Å². The molecule has 1 aromatic carbocycles. The van der Waals surface area contributed by atoms with E-state index in [2.05, 4.69) is 6.58 Å². The fourth-order valence-corrected chi connectivity index (χ4v) is 1.67. The number of hydrogen-bond acceptors (Lipinski definition) is 1. The minimum Gasteiger partial charge on any atom is -0.383 e. The summed E-state index contributed by atoms with van der Waals surface area (Å²) >= 11 is 6.00. The van der Waals surface area contributed by atoms with E-state index in [1.807, 2.05) is 30.3 Å². The fourth-order valence-electron chi connectivity index (χ4n) is 1.46. The molecule has 76 valence electrons. The van der Waals surface area contributed by atoms with E-state index >= 15 is 0 Å². The van der Waals surface area contributed by atoms with Gasteiger partial charge in [0.1, 0.15) is 5.60 Å². The van der Waals surface area contributed by atoms with Crippen LogP contribution in [0.3, 0.4) is 0 Å². The standard InChI is InChI=1S/C12H15ClO/c1-3-9-12(14,10(2)13)11-7-5-4-6-8-11/h3-8,10,14H,1,9H2,2H3. The summed E-state index contributed by atoms with van der Waals surface area (Å²) in [5, 5.41) is 10.0. The first-order chi connectivity index (χ1) is 6.61. The molecule has 0 bridgehead atoms. The molecule has 2 heteroatoms. The van der Waals surface area contributed by atoms with Crippen molar-refractivity contribution in [2.45, 2.75) is 24.3 Å². The molecule has 0 heterocycles. The van der Waals surface area contributed by atoms with E-state index in [1.54, 1.807) is 13.0 Å². The van der Waals surface area contributed by atoms with Crippen molar-refractivity contribution in [2.24, 2.45) is 0 Å². The van der Waals surface area contributed by atoms with Gasteiger partial charge >= 0.3 is 0 Å². The third-order valence-electron chi connectivity index (χ3n) is 2.39. The summed E-state index contributed by atoms with van der Waals surface area (Å²) in [4.78, 5) is 0. The van der Waals surface area contributed by atoms with Crippen molar-refractivity contribution < 1.29 is 5.11 Å². The van der Waals surface area contributed by atoms with E-state index in [0.717, 1.165) is 5.56 Å². The smallest absolute Gasteiger partial charge is 0.109 e. The van der Waals surface area contributed by atoms with E-state index in [0.29, 0.717) is 6.42 Å². The van der Waals surface area contributed by atoms with Crippen molar-refractivity contribution in [1.82, 2.24) is 0 Å². The lowest BCUT2D eigenvalue weighted by atomic mass is 9.88. The summed E-state index contributed by atoms with van der Waals surface area (Å²) in [6.07, 6.45) is 2.15. The summed E-state index contributed by atoms with van der Waals surface area (Å²) in [7, 11) is 0. The topological polar surface area (TPSA) is 20.2 Å². The Hall–Kier alpha value is -0.790. The van der Waals surface area contributed by atoms with Gasteiger partial charge in [-0.3, -0.25) is 0 Å². The van der Waals surface area contributed by atoms with Crippen molar-refractivity contribution >= 4 is 11.6 Å². The predicted molar refractivity (Wildman–Crippen MR) is 60.5 cm³/mol. The molecule has 0 aliphatic carbocycles. The quantitative estimate of drug-likeness (QED) is 0.598. The average molecular weight is 211 g/mol. The first kappa shape index (κ1) is 11.3. The van der Waals surface area contributed by atoms with E-state index in [1.165, 1.54) is 0 Å². The van der Waals surface area contributed by atoms with Crippen LogP contribution in [-0.2, 0) is 5.60 Å². The third-order valence-corrected chi connectivity index (χ3v) is 2.75. The number of halogens is 1. The van der Waals surface area contributed by atoms with E-state index in [-0.39, 0.29) is 5.38 Å². The molecule has 0 saturated heterocycles. The molecule has 1 rings (SSSR count). The summed E-state index contributed by atoms with van der Waals surface area (Å²) < 4.78 is 0. The normalized spacial score (nSPS) is 17.1. The Morgan fingerprint density at radius 1 is 1.50 bits per heavy atom. The van der Waals surface area contributed by atoms with Gasteiger partial charge in [-0.1, -0.05) is 36.4 Å². The summed E-state index contributed by atoms with van der Waals surface area (Å²) in [6, 6.07) is 9.45. The molecule has 14 heavy (non-hydrogen) atoms. The number of alkyl halides is 1. The first-order valence-electron chi connectivity index (χ1n) is 4.64. The van der Waals surface area contributed by atoms with Crippen molar-refractivity contribution in [1.29, 1.82) is 0 Å². The lowest BCUT2D eigenvalue weighted by molar-refractivity contribution is 0.0395. The Morgan fingerprint density at radius 3 is 2.50 bits per heavy atom. The van der Waals surface area contributed by atoms with Crippen molar-refractivity contribution in [3.63, 3.8) is 0 Å². The number of hydrogen-bond donors (Lipinski definition) is 1. The Labute approximate surface area is 90.0 Å². The van der Waals surface area contributed by atoms with E-state index < -0.39 is 5.60 Å². The van der Waals surface area contributed by atoms with Crippen LogP contribution in [0.5, 0.6) is 0 Å². The maximum absolute atomic E-state index is 10.4. The molecular weight excluding hydrogens is 196 g/mol. The molecule has 1 N–H and O–H groups in total. The van der Waals surface area contributed by atoms with Gasteiger partial charge in [0.05, 0.1) is 5.38 Å². The minimum absolute atomic E-state index is 0.345. The Bertz CT molecular complexity index is 294. The average Bonchev–Trinajstić information content (AvgIpc) is 2.19. The van der Waals surface area contributed by atoms with Crippen LogP contribution in [0.4, 0.5) is 0 Å². The van der Waals surface area contributed by atoms with Crippen LogP contribution in [-0.4, -0.2) is 10.5 Å². The summed E-state index contributed by atoms with van der Waals surface area (Å²) in [5.41, 5.74) is -0.174. The predicted octanol–water partition coefficient (Wildman–Crippen LogP) is 3.08. The number of aliphatic hydroxyl groups is 1. The highest BCUT2D eigenvalue weighted by molar-refractivity contribution is 6.21. The molecule has 2 unspecified atom stereocenters. The van der Waals surface area contributed by atoms with Gasteiger partial charge in [0, 0.05) is 0 Å². The lowest BCUT2D eigenvalue weighted by Gasteiger charge is -2.30. The zero-order chi connectivity index (χ0) is 10.6. The second-order valence-electron chi connectivity index (χ2n) is 3.40. The van der Waals surface area contributed by atoms with Crippen LogP contribution in [0.2, 0.25) is 0 Å². The third kappa shape index (κ3) is 2.17. The van der Waals surface area contributed by atoms with Crippen LogP contribution >= 0.6 is 11.6 Å². The summed E-state index contributed by atoms with van der Waals surface area (Å²) in [6.45, 7) is 5.42.